The zero-order valence-corrected chi connectivity index (χ0v) is 15.8. The standard InChI is InChI=1S/C14H25IN4O6/c15-3-5-16-4-1-2-8-6-17-18-19(8)7-9-10(20)11(21)12(22)13(25-9)14(23)24/h6,9-13,16-18,20-22H,1-5,7H2,(H,23,24). The molecule has 25 heavy (non-hydrogen) atoms. The van der Waals surface area contributed by atoms with Crippen molar-refractivity contribution in [2.24, 2.45) is 0 Å². The molecule has 5 atom stereocenters. The van der Waals surface area contributed by atoms with Gasteiger partial charge in [0.05, 0.1) is 6.54 Å². The smallest absolute Gasteiger partial charge is 0.335 e. The number of rotatable bonds is 9. The molecule has 0 aromatic heterocycles. The Labute approximate surface area is 159 Å². The van der Waals surface area contributed by atoms with Crippen molar-refractivity contribution in [3.05, 3.63) is 11.9 Å². The minimum absolute atomic E-state index is 0.120. The van der Waals surface area contributed by atoms with Crippen LogP contribution in [0.25, 0.3) is 0 Å². The van der Waals surface area contributed by atoms with Gasteiger partial charge in [0, 0.05) is 22.9 Å². The summed E-state index contributed by atoms with van der Waals surface area (Å²) in [6.07, 6.45) is -3.73. The molecule has 2 heterocycles. The highest BCUT2D eigenvalue weighted by Crippen LogP contribution is 2.24. The molecule has 7 N–H and O–H groups in total. The number of halogens is 1. The number of allylic oxidation sites excluding steroid dienone is 1. The Morgan fingerprint density at radius 3 is 2.72 bits per heavy atom. The van der Waals surface area contributed by atoms with Crippen LogP contribution in [0, 0.1) is 0 Å². The van der Waals surface area contributed by atoms with Gasteiger partial charge in [-0.25, -0.2) is 4.79 Å². The van der Waals surface area contributed by atoms with E-state index in [1.54, 1.807) is 11.2 Å². The number of alkyl halides is 1. The second kappa shape index (κ2) is 9.85. The van der Waals surface area contributed by atoms with Gasteiger partial charge in [0.2, 0.25) is 0 Å². The highest BCUT2D eigenvalue weighted by molar-refractivity contribution is 14.1. The lowest BCUT2D eigenvalue weighted by molar-refractivity contribution is -0.230. The average Bonchev–Trinajstić information content (AvgIpc) is 3.02. The quantitative estimate of drug-likeness (QED) is 0.113. The van der Waals surface area contributed by atoms with Crippen molar-refractivity contribution in [2.75, 3.05) is 24.1 Å². The first kappa shape index (κ1) is 20.6. The van der Waals surface area contributed by atoms with Gasteiger partial charge in [0.15, 0.2) is 6.10 Å². The zero-order valence-electron chi connectivity index (χ0n) is 13.6. The predicted octanol–water partition coefficient (Wildman–Crippen LogP) is -2.11. The third-order valence-electron chi connectivity index (χ3n) is 4.16. The van der Waals surface area contributed by atoms with Gasteiger partial charge in [-0.2, -0.15) is 0 Å². The van der Waals surface area contributed by atoms with Gasteiger partial charge in [0.25, 0.3) is 0 Å². The second-order valence-electron chi connectivity index (χ2n) is 5.95. The summed E-state index contributed by atoms with van der Waals surface area (Å²) in [5, 5.41) is 43.8. The number of nitrogens with one attached hydrogen (secondary N) is 3. The number of carboxylic acids is 1. The van der Waals surface area contributed by atoms with Gasteiger partial charge in [-0.3, -0.25) is 5.01 Å². The summed E-state index contributed by atoms with van der Waals surface area (Å²) in [4.78, 5) is 11.2. The van der Waals surface area contributed by atoms with E-state index in [1.165, 1.54) is 0 Å². The van der Waals surface area contributed by atoms with Gasteiger partial charge in [-0.15, -0.1) is 5.53 Å². The van der Waals surface area contributed by atoms with E-state index in [4.69, 9.17) is 9.84 Å². The normalized spacial score (nSPS) is 32.4. The minimum atomic E-state index is -1.67. The maximum atomic E-state index is 11.2. The molecule has 2 rings (SSSR count). The number of carboxylic acid groups (broad SMARTS) is 1. The first-order valence-electron chi connectivity index (χ1n) is 8.12. The number of hydrogen-bond acceptors (Lipinski definition) is 9. The van der Waals surface area contributed by atoms with E-state index in [9.17, 15) is 20.1 Å². The largest absolute Gasteiger partial charge is 0.479 e. The van der Waals surface area contributed by atoms with Crippen LogP contribution in [0.4, 0.5) is 0 Å². The summed E-state index contributed by atoms with van der Waals surface area (Å²) in [6.45, 7) is 1.95. The highest BCUT2D eigenvalue weighted by Gasteiger charge is 2.47. The fourth-order valence-corrected chi connectivity index (χ4v) is 3.17. The first-order chi connectivity index (χ1) is 12.0. The molecule has 0 radical (unpaired) electrons. The Hall–Kier alpha value is -0.700. The predicted molar refractivity (Wildman–Crippen MR) is 96.4 cm³/mol. The first-order valence-corrected chi connectivity index (χ1v) is 9.65. The molecule has 0 aromatic carbocycles. The molecule has 10 nitrogen and oxygen atoms in total. The van der Waals surface area contributed by atoms with Gasteiger partial charge in [-0.1, -0.05) is 22.6 Å². The molecule has 1 saturated heterocycles. The van der Waals surface area contributed by atoms with Crippen LogP contribution < -0.4 is 16.3 Å². The number of aliphatic carboxylic acids is 1. The number of aliphatic hydroxyl groups is 3. The van der Waals surface area contributed by atoms with E-state index < -0.39 is 36.5 Å². The Bertz CT molecular complexity index is 482. The molecular weight excluding hydrogens is 447 g/mol. The van der Waals surface area contributed by atoms with Gasteiger partial charge >= 0.3 is 5.97 Å². The van der Waals surface area contributed by atoms with Crippen LogP contribution in [0.2, 0.25) is 0 Å². The summed E-state index contributed by atoms with van der Waals surface area (Å²) in [7, 11) is 0. The van der Waals surface area contributed by atoms with Crippen LogP contribution in [-0.2, 0) is 9.53 Å². The Morgan fingerprint density at radius 2 is 2.04 bits per heavy atom. The van der Waals surface area contributed by atoms with Crippen LogP contribution in [0.5, 0.6) is 0 Å². The van der Waals surface area contributed by atoms with Crippen LogP contribution in [-0.4, -0.2) is 86.0 Å². The van der Waals surface area contributed by atoms with Crippen LogP contribution in [0.3, 0.4) is 0 Å². The molecule has 0 saturated carbocycles. The van der Waals surface area contributed by atoms with Crippen molar-refractivity contribution in [1.29, 1.82) is 0 Å². The number of ether oxygens (including phenoxy) is 1. The van der Waals surface area contributed by atoms with Crippen molar-refractivity contribution < 1.29 is 30.0 Å². The highest BCUT2D eigenvalue weighted by atomic mass is 127. The molecule has 0 aromatic rings. The number of carbonyl (C=O) groups is 1. The van der Waals surface area contributed by atoms with Gasteiger partial charge < -0.3 is 35.9 Å². The van der Waals surface area contributed by atoms with E-state index in [0.29, 0.717) is 0 Å². The lowest BCUT2D eigenvalue weighted by Crippen LogP contribution is -2.62. The van der Waals surface area contributed by atoms with Crippen molar-refractivity contribution in [1.82, 2.24) is 21.3 Å². The van der Waals surface area contributed by atoms with Gasteiger partial charge in [0.1, 0.15) is 24.4 Å². The maximum absolute atomic E-state index is 11.2. The maximum Gasteiger partial charge on any atom is 0.335 e. The van der Waals surface area contributed by atoms with E-state index in [1.807, 2.05) is 0 Å². The number of aliphatic hydroxyl groups excluding tert-OH is 3. The van der Waals surface area contributed by atoms with E-state index in [0.717, 1.165) is 36.1 Å². The van der Waals surface area contributed by atoms with Crippen molar-refractivity contribution in [2.45, 2.75) is 43.4 Å². The number of hydrogen-bond donors (Lipinski definition) is 7. The Morgan fingerprint density at radius 1 is 1.28 bits per heavy atom. The van der Waals surface area contributed by atoms with Crippen molar-refractivity contribution in [3.63, 3.8) is 0 Å². The van der Waals surface area contributed by atoms with E-state index in [-0.39, 0.29) is 6.54 Å². The summed E-state index contributed by atoms with van der Waals surface area (Å²) in [5.74, 6) is -1.38. The fourth-order valence-electron chi connectivity index (χ4n) is 2.79. The van der Waals surface area contributed by atoms with Crippen molar-refractivity contribution in [3.8, 4) is 0 Å². The Balaban J connectivity index is 1.88. The Kier molecular flexibility index (Phi) is 8.12. The summed E-state index contributed by atoms with van der Waals surface area (Å²) >= 11 is 2.30. The molecule has 0 bridgehead atoms. The topological polar surface area (TPSA) is 147 Å². The molecule has 144 valence electrons. The lowest BCUT2D eigenvalue weighted by atomic mass is 9.94. The molecule has 1 fully saturated rings. The van der Waals surface area contributed by atoms with E-state index in [2.05, 4.69) is 38.9 Å². The number of nitrogens with zero attached hydrogens (tertiary/aromatic N) is 1. The van der Waals surface area contributed by atoms with Crippen LogP contribution >= 0.6 is 22.6 Å². The van der Waals surface area contributed by atoms with Crippen LogP contribution in [0.15, 0.2) is 11.9 Å². The van der Waals surface area contributed by atoms with E-state index >= 15 is 0 Å². The fraction of sp³-hybridized carbons (Fsp3) is 0.786. The summed E-state index contributed by atoms with van der Waals surface area (Å²) in [6, 6.07) is 0. The average molecular weight is 472 g/mol. The van der Waals surface area contributed by atoms with Crippen LogP contribution in [0.1, 0.15) is 12.8 Å². The number of hydrazine groups is 2. The second-order valence-corrected chi connectivity index (χ2v) is 7.03. The van der Waals surface area contributed by atoms with Crippen molar-refractivity contribution >= 4 is 28.6 Å². The molecule has 2 aliphatic heterocycles. The third-order valence-corrected chi connectivity index (χ3v) is 4.70. The molecule has 0 aliphatic carbocycles. The third kappa shape index (κ3) is 5.39. The zero-order chi connectivity index (χ0) is 18.4. The lowest BCUT2D eigenvalue weighted by Gasteiger charge is -2.40. The molecule has 11 heteroatoms. The molecule has 0 amide bonds. The monoisotopic (exact) mass is 472 g/mol. The summed E-state index contributed by atoms with van der Waals surface area (Å²) < 4.78 is 6.35. The molecule has 5 unspecified atom stereocenters. The SMILES string of the molecule is O=C(O)C1OC(CN2NNC=C2CCCNCCI)C(O)C(O)C1O. The molecule has 2 aliphatic rings. The van der Waals surface area contributed by atoms with Gasteiger partial charge in [-0.05, 0) is 19.4 Å². The molecule has 0 spiro atoms. The molecular formula is C14H25IN4O6. The summed E-state index contributed by atoms with van der Waals surface area (Å²) in [5.41, 5.74) is 6.67. The minimum Gasteiger partial charge on any atom is -0.479 e.